The molecule has 0 aliphatic carbocycles. The van der Waals surface area contributed by atoms with Gasteiger partial charge in [0.2, 0.25) is 5.89 Å². The molecule has 0 aliphatic rings. The largest absolute Gasteiger partial charge is 0.340 e. The molecule has 0 aliphatic heterocycles. The average Bonchev–Trinajstić information content (AvgIpc) is 2.95. The fraction of sp³-hybridized carbons (Fsp3) is 0.538. The number of aromatic amines is 1. The zero-order chi connectivity index (χ0) is 14.9. The molecule has 0 radical (unpaired) electrons. The molecule has 2 heterocycles. The van der Waals surface area contributed by atoms with Crippen LogP contribution >= 0.6 is 0 Å². The molecule has 0 saturated carbocycles. The standard InChI is InChI=1S/C13H19N5O2/c1-7-9(6-14-17-7)10(19)15-8(2)11-16-12(18-20-11)13(3,4)5/h6,8H,1-5H3,(H,14,17)(H,15,19)/t8-/m1/s1. The molecule has 7 nitrogen and oxygen atoms in total. The van der Waals surface area contributed by atoms with Gasteiger partial charge in [0, 0.05) is 11.1 Å². The van der Waals surface area contributed by atoms with E-state index in [9.17, 15) is 4.79 Å². The zero-order valence-electron chi connectivity index (χ0n) is 12.3. The van der Waals surface area contributed by atoms with Gasteiger partial charge in [-0.15, -0.1) is 0 Å². The monoisotopic (exact) mass is 277 g/mol. The molecule has 0 aromatic carbocycles. The number of aromatic nitrogens is 4. The molecule has 108 valence electrons. The van der Waals surface area contributed by atoms with Crippen molar-refractivity contribution >= 4 is 5.91 Å². The minimum absolute atomic E-state index is 0.188. The Bertz CT molecular complexity index is 608. The van der Waals surface area contributed by atoms with E-state index in [-0.39, 0.29) is 17.4 Å². The molecule has 2 N–H and O–H groups in total. The second-order valence-electron chi connectivity index (χ2n) is 5.81. The second kappa shape index (κ2) is 5.07. The number of amides is 1. The third-order valence-electron chi connectivity index (χ3n) is 2.91. The molecule has 0 bridgehead atoms. The molecule has 0 spiro atoms. The van der Waals surface area contributed by atoms with Crippen LogP contribution in [-0.4, -0.2) is 26.2 Å². The molecular formula is C13H19N5O2. The second-order valence-corrected chi connectivity index (χ2v) is 5.81. The average molecular weight is 277 g/mol. The maximum Gasteiger partial charge on any atom is 0.255 e. The first-order valence-electron chi connectivity index (χ1n) is 6.44. The van der Waals surface area contributed by atoms with Crippen LogP contribution in [0, 0.1) is 6.92 Å². The van der Waals surface area contributed by atoms with Gasteiger partial charge in [0.05, 0.1) is 11.8 Å². The van der Waals surface area contributed by atoms with Gasteiger partial charge in [-0.1, -0.05) is 25.9 Å². The van der Waals surface area contributed by atoms with Gasteiger partial charge in [-0.3, -0.25) is 9.89 Å². The van der Waals surface area contributed by atoms with Crippen molar-refractivity contribution in [3.8, 4) is 0 Å². The summed E-state index contributed by atoms with van der Waals surface area (Å²) in [5, 5.41) is 13.3. The lowest BCUT2D eigenvalue weighted by molar-refractivity contribution is 0.0932. The number of aryl methyl sites for hydroxylation is 1. The Morgan fingerprint density at radius 1 is 1.45 bits per heavy atom. The molecule has 20 heavy (non-hydrogen) atoms. The van der Waals surface area contributed by atoms with Crippen molar-refractivity contribution in [3.63, 3.8) is 0 Å². The fourth-order valence-electron chi connectivity index (χ4n) is 1.63. The van der Waals surface area contributed by atoms with Crippen LogP contribution in [-0.2, 0) is 5.41 Å². The molecule has 2 rings (SSSR count). The predicted molar refractivity (Wildman–Crippen MR) is 72.2 cm³/mol. The van der Waals surface area contributed by atoms with Crippen molar-refractivity contribution in [2.75, 3.05) is 0 Å². The predicted octanol–water partition coefficient (Wildman–Crippen LogP) is 1.89. The molecule has 2 aromatic rings. The molecule has 1 atom stereocenters. The van der Waals surface area contributed by atoms with Crippen LogP contribution in [0.2, 0.25) is 0 Å². The number of carbonyl (C=O) groups excluding carboxylic acids is 1. The SMILES string of the molecule is Cc1[nH]ncc1C(=O)N[C@H](C)c1nc(C(C)(C)C)no1. The highest BCUT2D eigenvalue weighted by Crippen LogP contribution is 2.20. The highest BCUT2D eigenvalue weighted by atomic mass is 16.5. The highest BCUT2D eigenvalue weighted by Gasteiger charge is 2.24. The van der Waals surface area contributed by atoms with Crippen LogP contribution < -0.4 is 5.32 Å². The number of nitrogens with one attached hydrogen (secondary N) is 2. The number of carbonyl (C=O) groups is 1. The van der Waals surface area contributed by atoms with Crippen LogP contribution in [0.1, 0.15) is 61.5 Å². The first-order chi connectivity index (χ1) is 9.29. The molecule has 0 unspecified atom stereocenters. The minimum Gasteiger partial charge on any atom is -0.340 e. The molecule has 2 aromatic heterocycles. The van der Waals surface area contributed by atoms with Gasteiger partial charge in [0.1, 0.15) is 6.04 Å². The van der Waals surface area contributed by atoms with Gasteiger partial charge in [-0.05, 0) is 13.8 Å². The van der Waals surface area contributed by atoms with E-state index in [1.807, 2.05) is 20.8 Å². The van der Waals surface area contributed by atoms with Crippen LogP contribution in [0.25, 0.3) is 0 Å². The summed E-state index contributed by atoms with van der Waals surface area (Å²) in [5.74, 6) is 0.789. The lowest BCUT2D eigenvalue weighted by Crippen LogP contribution is -2.27. The molecular weight excluding hydrogens is 258 g/mol. The number of rotatable bonds is 3. The van der Waals surface area contributed by atoms with Gasteiger partial charge in [0.15, 0.2) is 5.82 Å². The third-order valence-corrected chi connectivity index (χ3v) is 2.91. The number of nitrogens with zero attached hydrogens (tertiary/aromatic N) is 3. The Labute approximate surface area is 117 Å². The van der Waals surface area contributed by atoms with Crippen molar-refractivity contribution in [2.45, 2.75) is 46.1 Å². The summed E-state index contributed by atoms with van der Waals surface area (Å²) in [6, 6.07) is -0.361. The Hall–Kier alpha value is -2.18. The van der Waals surface area contributed by atoms with Gasteiger partial charge >= 0.3 is 0 Å². The molecule has 0 fully saturated rings. The maximum absolute atomic E-state index is 12.1. The lowest BCUT2D eigenvalue weighted by atomic mass is 9.96. The Morgan fingerprint density at radius 3 is 2.65 bits per heavy atom. The normalized spacial score (nSPS) is 13.2. The zero-order valence-corrected chi connectivity index (χ0v) is 12.3. The maximum atomic E-state index is 12.1. The summed E-state index contributed by atoms with van der Waals surface area (Å²) >= 11 is 0. The van der Waals surface area contributed by atoms with Gasteiger partial charge in [-0.2, -0.15) is 10.1 Å². The van der Waals surface area contributed by atoms with E-state index in [1.54, 1.807) is 13.8 Å². The summed E-state index contributed by atoms with van der Waals surface area (Å²) < 4.78 is 5.20. The summed E-state index contributed by atoms with van der Waals surface area (Å²) in [7, 11) is 0. The van der Waals surface area contributed by atoms with E-state index < -0.39 is 0 Å². The topological polar surface area (TPSA) is 96.7 Å². The van der Waals surface area contributed by atoms with E-state index >= 15 is 0 Å². The van der Waals surface area contributed by atoms with E-state index in [2.05, 4.69) is 25.7 Å². The third kappa shape index (κ3) is 2.87. The fourth-order valence-corrected chi connectivity index (χ4v) is 1.63. The Morgan fingerprint density at radius 2 is 2.15 bits per heavy atom. The van der Waals surface area contributed by atoms with Crippen LogP contribution in [0.3, 0.4) is 0 Å². The summed E-state index contributed by atoms with van der Waals surface area (Å²) in [4.78, 5) is 16.4. The lowest BCUT2D eigenvalue weighted by Gasteiger charge is -2.11. The van der Waals surface area contributed by atoms with Crippen LogP contribution in [0.15, 0.2) is 10.7 Å². The first kappa shape index (κ1) is 14.2. The number of hydrogen-bond acceptors (Lipinski definition) is 5. The summed E-state index contributed by atoms with van der Waals surface area (Å²) in [6.45, 7) is 9.59. The van der Waals surface area contributed by atoms with Crippen molar-refractivity contribution < 1.29 is 9.32 Å². The Kier molecular flexibility index (Phi) is 3.61. The van der Waals surface area contributed by atoms with Gasteiger partial charge < -0.3 is 9.84 Å². The molecule has 7 heteroatoms. The van der Waals surface area contributed by atoms with Crippen molar-refractivity contribution in [3.05, 3.63) is 29.2 Å². The van der Waals surface area contributed by atoms with Gasteiger partial charge in [0.25, 0.3) is 5.91 Å². The smallest absolute Gasteiger partial charge is 0.255 e. The minimum atomic E-state index is -0.361. The van der Waals surface area contributed by atoms with Crippen molar-refractivity contribution in [2.24, 2.45) is 0 Å². The summed E-state index contributed by atoms with van der Waals surface area (Å²) in [6.07, 6.45) is 1.49. The van der Waals surface area contributed by atoms with Crippen LogP contribution in [0.4, 0.5) is 0 Å². The van der Waals surface area contributed by atoms with Crippen molar-refractivity contribution in [1.29, 1.82) is 0 Å². The van der Waals surface area contributed by atoms with Crippen molar-refractivity contribution in [1.82, 2.24) is 25.7 Å². The van der Waals surface area contributed by atoms with E-state index in [1.165, 1.54) is 6.20 Å². The summed E-state index contributed by atoms with van der Waals surface area (Å²) in [5.41, 5.74) is 1.04. The number of H-pyrrole nitrogens is 1. The first-order valence-corrected chi connectivity index (χ1v) is 6.44. The van der Waals surface area contributed by atoms with E-state index in [0.29, 0.717) is 17.3 Å². The highest BCUT2D eigenvalue weighted by molar-refractivity contribution is 5.95. The Balaban J connectivity index is 2.09. The van der Waals surface area contributed by atoms with Crippen LogP contribution in [0.5, 0.6) is 0 Å². The van der Waals surface area contributed by atoms with E-state index in [0.717, 1.165) is 5.69 Å². The number of hydrogen-bond donors (Lipinski definition) is 2. The van der Waals surface area contributed by atoms with E-state index in [4.69, 9.17) is 4.52 Å². The van der Waals surface area contributed by atoms with Gasteiger partial charge in [-0.25, -0.2) is 0 Å². The molecule has 0 saturated heterocycles. The quantitative estimate of drug-likeness (QED) is 0.893. The molecule has 1 amide bonds.